The summed E-state index contributed by atoms with van der Waals surface area (Å²) >= 11 is 0. The molecule has 0 saturated heterocycles. The number of aryl methyl sites for hydroxylation is 1. The molecular formula is C23H31F3N2O3. The molecule has 1 aliphatic rings. The van der Waals surface area contributed by atoms with Crippen LogP contribution >= 0.6 is 0 Å². The Morgan fingerprint density at radius 1 is 0.968 bits per heavy atom. The first-order valence-electron chi connectivity index (χ1n) is 9.51. The molecule has 1 aromatic heterocycles. The zero-order valence-corrected chi connectivity index (χ0v) is 19.0. The van der Waals surface area contributed by atoms with E-state index in [4.69, 9.17) is 19.3 Å². The van der Waals surface area contributed by atoms with E-state index < -0.39 is 11.7 Å². The molecule has 0 N–H and O–H groups in total. The van der Waals surface area contributed by atoms with Gasteiger partial charge in [-0.1, -0.05) is 45.4 Å². The van der Waals surface area contributed by atoms with Crippen LogP contribution in [-0.4, -0.2) is 30.7 Å². The minimum atomic E-state index is -4.21. The number of halogens is 3. The Hall–Kier alpha value is -2.77. The molecule has 1 saturated carbocycles. The molecule has 172 valence electrons. The third-order valence-corrected chi connectivity index (χ3v) is 4.60. The molecule has 0 unspecified atom stereocenters. The van der Waals surface area contributed by atoms with E-state index in [0.29, 0.717) is 5.88 Å². The number of ether oxygens (including phenoxy) is 1. The number of rotatable bonds is 2. The van der Waals surface area contributed by atoms with Gasteiger partial charge in [0, 0.05) is 16.9 Å². The first kappa shape index (κ1) is 28.2. The highest BCUT2D eigenvalue weighted by molar-refractivity contribution is 5.27. The summed E-state index contributed by atoms with van der Waals surface area (Å²) in [5.41, 5.74) is 1.52. The normalized spacial score (nSPS) is 13.8. The zero-order valence-electron chi connectivity index (χ0n) is 19.0. The van der Waals surface area contributed by atoms with Gasteiger partial charge in [0.25, 0.3) is 0 Å². The number of carbonyl (C=O) groups excluding carboxylic acids is 2. The summed E-state index contributed by atoms with van der Waals surface area (Å²) in [6.07, 6.45) is -1.85. The van der Waals surface area contributed by atoms with E-state index in [1.807, 2.05) is 19.6 Å². The lowest BCUT2D eigenvalue weighted by molar-refractivity contribution is -0.137. The smallest absolute Gasteiger partial charge is 0.416 e. The van der Waals surface area contributed by atoms with Crippen molar-refractivity contribution < 1.29 is 27.5 Å². The lowest BCUT2D eigenvalue weighted by atomic mass is 9.91. The molecule has 1 fully saturated rings. The predicted octanol–water partition coefficient (Wildman–Crippen LogP) is 5.48. The van der Waals surface area contributed by atoms with Gasteiger partial charge in [0.05, 0.1) is 18.4 Å². The molecule has 0 amide bonds. The SMILES string of the molecule is C=O.C=O.COc1cc(C(C)(C)C)nc(C2(C)CC2)n1.Cc1ccc(C(F)(F)F)cc1. The highest BCUT2D eigenvalue weighted by Crippen LogP contribution is 2.46. The maximum Gasteiger partial charge on any atom is 0.416 e. The van der Waals surface area contributed by atoms with Crippen LogP contribution in [0, 0.1) is 6.92 Å². The van der Waals surface area contributed by atoms with E-state index in [2.05, 4.69) is 32.7 Å². The van der Waals surface area contributed by atoms with E-state index in [0.717, 1.165) is 29.2 Å². The van der Waals surface area contributed by atoms with Crippen LogP contribution < -0.4 is 4.74 Å². The van der Waals surface area contributed by atoms with Crippen LogP contribution in [-0.2, 0) is 26.6 Å². The Labute approximate surface area is 182 Å². The van der Waals surface area contributed by atoms with Crippen molar-refractivity contribution in [1.29, 1.82) is 0 Å². The van der Waals surface area contributed by atoms with Gasteiger partial charge >= 0.3 is 6.18 Å². The summed E-state index contributed by atoms with van der Waals surface area (Å²) in [6.45, 7) is 14.4. The van der Waals surface area contributed by atoms with E-state index in [1.165, 1.54) is 25.0 Å². The average molecular weight is 441 g/mol. The average Bonchev–Trinajstić information content (AvgIpc) is 3.49. The van der Waals surface area contributed by atoms with Crippen molar-refractivity contribution in [2.75, 3.05) is 7.11 Å². The molecule has 2 aromatic rings. The second kappa shape index (κ2) is 11.6. The number of alkyl halides is 3. The van der Waals surface area contributed by atoms with Gasteiger partial charge < -0.3 is 14.3 Å². The maximum absolute atomic E-state index is 11.9. The second-order valence-corrected chi connectivity index (χ2v) is 8.29. The summed E-state index contributed by atoms with van der Waals surface area (Å²) < 4.78 is 41.0. The van der Waals surface area contributed by atoms with Crippen molar-refractivity contribution in [3.63, 3.8) is 0 Å². The lowest BCUT2D eigenvalue weighted by Crippen LogP contribution is -2.18. The van der Waals surface area contributed by atoms with Crippen molar-refractivity contribution in [3.8, 4) is 5.88 Å². The molecular weight excluding hydrogens is 409 g/mol. The van der Waals surface area contributed by atoms with Crippen molar-refractivity contribution in [2.45, 2.75) is 64.5 Å². The highest BCUT2D eigenvalue weighted by atomic mass is 19.4. The van der Waals surface area contributed by atoms with Crippen LogP contribution in [0.25, 0.3) is 0 Å². The summed E-state index contributed by atoms with van der Waals surface area (Å²) in [6, 6.07) is 6.99. The van der Waals surface area contributed by atoms with Crippen molar-refractivity contribution in [2.24, 2.45) is 0 Å². The summed E-state index contributed by atoms with van der Waals surface area (Å²) in [4.78, 5) is 25.2. The molecule has 3 rings (SSSR count). The second-order valence-electron chi connectivity index (χ2n) is 8.29. The topological polar surface area (TPSA) is 69.2 Å². The molecule has 8 heteroatoms. The Morgan fingerprint density at radius 2 is 1.45 bits per heavy atom. The van der Waals surface area contributed by atoms with Crippen molar-refractivity contribution in [1.82, 2.24) is 9.97 Å². The minimum absolute atomic E-state index is 0.0379. The molecule has 5 nitrogen and oxygen atoms in total. The summed E-state index contributed by atoms with van der Waals surface area (Å²) in [5.74, 6) is 1.62. The lowest BCUT2D eigenvalue weighted by Gasteiger charge is -2.20. The van der Waals surface area contributed by atoms with Crippen LogP contribution in [0.3, 0.4) is 0 Å². The molecule has 31 heavy (non-hydrogen) atoms. The van der Waals surface area contributed by atoms with Gasteiger partial charge in [-0.2, -0.15) is 18.2 Å². The number of carbonyl (C=O) groups is 2. The number of hydrogen-bond donors (Lipinski definition) is 0. The number of aromatic nitrogens is 2. The fourth-order valence-corrected chi connectivity index (χ4v) is 2.34. The van der Waals surface area contributed by atoms with Crippen molar-refractivity contribution >= 4 is 13.6 Å². The number of hydrogen-bond acceptors (Lipinski definition) is 5. The quantitative estimate of drug-likeness (QED) is 0.619. The van der Waals surface area contributed by atoms with Gasteiger partial charge in [-0.05, 0) is 31.9 Å². The van der Waals surface area contributed by atoms with Crippen LogP contribution in [0.1, 0.15) is 63.2 Å². The summed E-state index contributed by atoms with van der Waals surface area (Å²) in [7, 11) is 1.66. The van der Waals surface area contributed by atoms with Crippen LogP contribution in [0.2, 0.25) is 0 Å². The Morgan fingerprint density at radius 3 is 1.81 bits per heavy atom. The van der Waals surface area contributed by atoms with Crippen molar-refractivity contribution in [3.05, 3.63) is 53.0 Å². The number of benzene rings is 1. The van der Waals surface area contributed by atoms with E-state index in [9.17, 15) is 13.2 Å². The maximum atomic E-state index is 11.9. The third-order valence-electron chi connectivity index (χ3n) is 4.60. The highest BCUT2D eigenvalue weighted by Gasteiger charge is 2.42. The Kier molecular flexibility index (Phi) is 10.5. The fraction of sp³-hybridized carbons (Fsp3) is 0.478. The van der Waals surface area contributed by atoms with Gasteiger partial charge in [-0.15, -0.1) is 0 Å². The molecule has 1 aromatic carbocycles. The molecule has 0 atom stereocenters. The van der Waals surface area contributed by atoms with E-state index >= 15 is 0 Å². The van der Waals surface area contributed by atoms with Crippen LogP contribution in [0.4, 0.5) is 13.2 Å². The van der Waals surface area contributed by atoms with Gasteiger partial charge in [0.2, 0.25) is 5.88 Å². The zero-order chi connectivity index (χ0) is 24.5. The van der Waals surface area contributed by atoms with Gasteiger partial charge in [0.1, 0.15) is 19.4 Å². The van der Waals surface area contributed by atoms with Gasteiger partial charge in [-0.3, -0.25) is 0 Å². The molecule has 1 heterocycles. The fourth-order valence-electron chi connectivity index (χ4n) is 2.34. The van der Waals surface area contributed by atoms with Crippen LogP contribution in [0.15, 0.2) is 30.3 Å². The minimum Gasteiger partial charge on any atom is -0.481 e. The largest absolute Gasteiger partial charge is 0.481 e. The Balaban J connectivity index is 0.000000526. The number of nitrogens with zero attached hydrogens (tertiary/aromatic N) is 2. The first-order chi connectivity index (χ1) is 14.3. The van der Waals surface area contributed by atoms with Crippen LogP contribution in [0.5, 0.6) is 5.88 Å². The van der Waals surface area contributed by atoms with E-state index in [1.54, 1.807) is 14.0 Å². The first-order valence-corrected chi connectivity index (χ1v) is 9.51. The molecule has 0 aliphatic heterocycles. The Bertz CT molecular complexity index is 787. The predicted molar refractivity (Wildman–Crippen MR) is 114 cm³/mol. The monoisotopic (exact) mass is 440 g/mol. The number of methoxy groups -OCH3 is 1. The van der Waals surface area contributed by atoms with Gasteiger partial charge in [0.15, 0.2) is 0 Å². The molecule has 0 radical (unpaired) electrons. The molecule has 0 bridgehead atoms. The van der Waals surface area contributed by atoms with Gasteiger partial charge in [-0.25, -0.2) is 4.98 Å². The third kappa shape index (κ3) is 8.86. The standard InChI is InChI=1S/C13H20N2O.C8H7F3.2CH2O/c1-12(2,3)9-8-10(16-5)15-11(14-9)13(4)6-7-13;1-6-2-4-7(5-3-6)8(9,10)11;2*1-2/h8H,6-7H2,1-5H3;2-5H,1H3;2*1H2. The molecule has 1 aliphatic carbocycles. The summed E-state index contributed by atoms with van der Waals surface area (Å²) in [5, 5.41) is 0. The van der Waals surface area contributed by atoms with E-state index in [-0.39, 0.29) is 10.8 Å². The molecule has 0 spiro atoms.